The van der Waals surface area contributed by atoms with E-state index in [1.165, 1.54) is 12.5 Å². The van der Waals surface area contributed by atoms with Gasteiger partial charge in [-0.05, 0) is 50.0 Å². The highest BCUT2D eigenvalue weighted by Crippen LogP contribution is 2.27. The number of hydrogen-bond donors (Lipinski definition) is 1. The van der Waals surface area contributed by atoms with E-state index < -0.39 is 0 Å². The van der Waals surface area contributed by atoms with Gasteiger partial charge in [0.1, 0.15) is 5.82 Å². The molecular weight excluding hydrogens is 239 g/mol. The molecule has 1 aromatic carbocycles. The summed E-state index contributed by atoms with van der Waals surface area (Å²) in [4.78, 5) is 2.46. The second-order valence-electron chi connectivity index (χ2n) is 5.94. The molecule has 1 fully saturated rings. The van der Waals surface area contributed by atoms with Crippen molar-refractivity contribution in [3.05, 3.63) is 35.6 Å². The predicted molar refractivity (Wildman–Crippen MR) is 77.6 cm³/mol. The fraction of sp³-hybridized carbons (Fsp3) is 0.625. The molecule has 0 aliphatic carbocycles. The molecule has 0 saturated carbocycles. The zero-order valence-electron chi connectivity index (χ0n) is 12.2. The van der Waals surface area contributed by atoms with E-state index >= 15 is 0 Å². The van der Waals surface area contributed by atoms with Gasteiger partial charge < -0.3 is 5.32 Å². The van der Waals surface area contributed by atoms with Crippen molar-refractivity contribution in [2.45, 2.75) is 39.3 Å². The Morgan fingerprint density at radius 3 is 2.84 bits per heavy atom. The highest BCUT2D eigenvalue weighted by molar-refractivity contribution is 5.20. The van der Waals surface area contributed by atoms with E-state index in [0.29, 0.717) is 12.1 Å². The molecule has 1 aliphatic rings. The summed E-state index contributed by atoms with van der Waals surface area (Å²) >= 11 is 0. The quantitative estimate of drug-likeness (QED) is 0.878. The minimum atomic E-state index is -0.137. The molecule has 3 heteroatoms. The van der Waals surface area contributed by atoms with Crippen molar-refractivity contribution in [1.82, 2.24) is 10.2 Å². The van der Waals surface area contributed by atoms with Gasteiger partial charge in [-0.15, -0.1) is 0 Å². The first-order valence-corrected chi connectivity index (χ1v) is 7.29. The number of benzene rings is 1. The van der Waals surface area contributed by atoms with Crippen LogP contribution in [0.3, 0.4) is 0 Å². The van der Waals surface area contributed by atoms with Gasteiger partial charge in [-0.25, -0.2) is 4.39 Å². The summed E-state index contributed by atoms with van der Waals surface area (Å²) in [6.07, 6.45) is 1.24. The molecule has 0 aromatic heterocycles. The summed E-state index contributed by atoms with van der Waals surface area (Å²) < 4.78 is 13.3. The van der Waals surface area contributed by atoms with Gasteiger partial charge in [0.2, 0.25) is 0 Å². The van der Waals surface area contributed by atoms with Gasteiger partial charge in [0.05, 0.1) is 0 Å². The van der Waals surface area contributed by atoms with Gasteiger partial charge in [-0.2, -0.15) is 0 Å². The molecule has 1 N–H and O–H groups in total. The molecule has 0 radical (unpaired) electrons. The Morgan fingerprint density at radius 1 is 1.37 bits per heavy atom. The summed E-state index contributed by atoms with van der Waals surface area (Å²) in [6, 6.07) is 7.84. The Bertz CT molecular complexity index is 405. The SMILES string of the molecule is CC(C)NCC1CCN(C(C)c2cccc(F)c2)C1. The molecule has 2 rings (SSSR count). The molecule has 106 valence electrons. The lowest BCUT2D eigenvalue weighted by Gasteiger charge is -2.25. The molecule has 2 atom stereocenters. The Kier molecular flexibility index (Phi) is 4.94. The lowest BCUT2D eigenvalue weighted by Crippen LogP contribution is -2.31. The number of nitrogens with zero attached hydrogens (tertiary/aromatic N) is 1. The lowest BCUT2D eigenvalue weighted by molar-refractivity contribution is 0.250. The molecule has 2 unspecified atom stereocenters. The van der Waals surface area contributed by atoms with Gasteiger partial charge in [-0.1, -0.05) is 26.0 Å². The Labute approximate surface area is 116 Å². The van der Waals surface area contributed by atoms with Crippen LogP contribution in [-0.2, 0) is 0 Å². The minimum absolute atomic E-state index is 0.137. The third kappa shape index (κ3) is 4.02. The van der Waals surface area contributed by atoms with Crippen molar-refractivity contribution in [2.24, 2.45) is 5.92 Å². The average Bonchev–Trinajstić information content (AvgIpc) is 2.84. The molecule has 0 bridgehead atoms. The van der Waals surface area contributed by atoms with Gasteiger partial charge in [-0.3, -0.25) is 4.90 Å². The first-order chi connectivity index (χ1) is 9.06. The van der Waals surface area contributed by atoms with E-state index in [-0.39, 0.29) is 5.82 Å². The summed E-state index contributed by atoms with van der Waals surface area (Å²) in [5.74, 6) is 0.583. The fourth-order valence-corrected chi connectivity index (χ4v) is 2.76. The van der Waals surface area contributed by atoms with Crippen LogP contribution in [-0.4, -0.2) is 30.6 Å². The first kappa shape index (κ1) is 14.5. The van der Waals surface area contributed by atoms with E-state index in [1.807, 2.05) is 6.07 Å². The van der Waals surface area contributed by atoms with Crippen LogP contribution in [0.5, 0.6) is 0 Å². The maximum atomic E-state index is 13.3. The summed E-state index contributed by atoms with van der Waals surface area (Å²) in [7, 11) is 0. The third-order valence-corrected chi connectivity index (χ3v) is 4.01. The maximum absolute atomic E-state index is 13.3. The lowest BCUT2D eigenvalue weighted by atomic mass is 10.1. The zero-order valence-corrected chi connectivity index (χ0v) is 12.2. The van der Waals surface area contributed by atoms with Crippen molar-refractivity contribution in [3.63, 3.8) is 0 Å². The topological polar surface area (TPSA) is 15.3 Å². The molecule has 1 aliphatic heterocycles. The Balaban J connectivity index is 1.89. The van der Waals surface area contributed by atoms with Crippen molar-refractivity contribution < 1.29 is 4.39 Å². The normalized spacial score (nSPS) is 22.1. The van der Waals surface area contributed by atoms with Crippen LogP contribution in [0.1, 0.15) is 38.8 Å². The Hall–Kier alpha value is -0.930. The first-order valence-electron chi connectivity index (χ1n) is 7.29. The molecule has 1 saturated heterocycles. The van der Waals surface area contributed by atoms with E-state index in [9.17, 15) is 4.39 Å². The summed E-state index contributed by atoms with van der Waals surface area (Å²) in [5, 5.41) is 3.51. The van der Waals surface area contributed by atoms with Crippen LogP contribution < -0.4 is 5.32 Å². The number of rotatable bonds is 5. The molecule has 2 nitrogen and oxygen atoms in total. The number of hydrogen-bond acceptors (Lipinski definition) is 2. The average molecular weight is 264 g/mol. The number of likely N-dealkylation sites (tertiary alicyclic amines) is 1. The van der Waals surface area contributed by atoms with Crippen LogP contribution in [0.25, 0.3) is 0 Å². The summed E-state index contributed by atoms with van der Waals surface area (Å²) in [5.41, 5.74) is 1.08. The smallest absolute Gasteiger partial charge is 0.123 e. The van der Waals surface area contributed by atoms with Gasteiger partial charge in [0.15, 0.2) is 0 Å². The number of nitrogens with one attached hydrogen (secondary N) is 1. The Morgan fingerprint density at radius 2 is 2.16 bits per heavy atom. The molecule has 1 aromatic rings. The highest BCUT2D eigenvalue weighted by Gasteiger charge is 2.26. The highest BCUT2D eigenvalue weighted by atomic mass is 19.1. The minimum Gasteiger partial charge on any atom is -0.314 e. The van der Waals surface area contributed by atoms with Crippen LogP contribution in [0.15, 0.2) is 24.3 Å². The molecular formula is C16H25FN2. The molecule has 0 amide bonds. The monoisotopic (exact) mass is 264 g/mol. The standard InChI is InChI=1S/C16H25FN2/c1-12(2)18-10-14-7-8-19(11-14)13(3)15-5-4-6-16(17)9-15/h4-6,9,12-14,18H,7-8,10-11H2,1-3H3. The van der Waals surface area contributed by atoms with Gasteiger partial charge in [0.25, 0.3) is 0 Å². The second kappa shape index (κ2) is 6.49. The van der Waals surface area contributed by atoms with E-state index in [0.717, 1.165) is 31.1 Å². The van der Waals surface area contributed by atoms with E-state index in [4.69, 9.17) is 0 Å². The summed E-state index contributed by atoms with van der Waals surface area (Å²) in [6.45, 7) is 9.85. The largest absolute Gasteiger partial charge is 0.314 e. The molecule has 1 heterocycles. The zero-order chi connectivity index (χ0) is 13.8. The maximum Gasteiger partial charge on any atom is 0.123 e. The number of halogens is 1. The van der Waals surface area contributed by atoms with E-state index in [1.54, 1.807) is 12.1 Å². The molecule has 19 heavy (non-hydrogen) atoms. The van der Waals surface area contributed by atoms with Crippen molar-refractivity contribution >= 4 is 0 Å². The predicted octanol–water partition coefficient (Wildman–Crippen LogP) is 3.21. The van der Waals surface area contributed by atoms with Gasteiger partial charge >= 0.3 is 0 Å². The van der Waals surface area contributed by atoms with E-state index in [2.05, 4.69) is 31.0 Å². The van der Waals surface area contributed by atoms with Crippen LogP contribution in [0.4, 0.5) is 4.39 Å². The second-order valence-corrected chi connectivity index (χ2v) is 5.94. The van der Waals surface area contributed by atoms with Crippen molar-refractivity contribution in [3.8, 4) is 0 Å². The molecule has 0 spiro atoms. The fourth-order valence-electron chi connectivity index (χ4n) is 2.76. The van der Waals surface area contributed by atoms with Crippen LogP contribution in [0.2, 0.25) is 0 Å². The van der Waals surface area contributed by atoms with Crippen LogP contribution >= 0.6 is 0 Å². The van der Waals surface area contributed by atoms with Crippen molar-refractivity contribution in [1.29, 1.82) is 0 Å². The van der Waals surface area contributed by atoms with Crippen molar-refractivity contribution in [2.75, 3.05) is 19.6 Å². The van der Waals surface area contributed by atoms with Crippen LogP contribution in [0, 0.1) is 11.7 Å². The third-order valence-electron chi connectivity index (χ3n) is 4.01. The van der Waals surface area contributed by atoms with Gasteiger partial charge in [0, 0.05) is 18.6 Å².